The van der Waals surface area contributed by atoms with Gasteiger partial charge in [-0.1, -0.05) is 36.2 Å². The number of ether oxygens (including phenoxy) is 2. The fourth-order valence-corrected chi connectivity index (χ4v) is 3.76. The van der Waals surface area contributed by atoms with Gasteiger partial charge in [-0.05, 0) is 61.8 Å². The van der Waals surface area contributed by atoms with Crippen LogP contribution >= 0.6 is 11.6 Å². The molecule has 1 saturated heterocycles. The molecule has 0 bridgehead atoms. The van der Waals surface area contributed by atoms with E-state index in [0.717, 1.165) is 29.4 Å². The van der Waals surface area contributed by atoms with Crippen molar-refractivity contribution in [3.8, 4) is 11.5 Å². The molecule has 1 amide bonds. The van der Waals surface area contributed by atoms with Crippen LogP contribution in [0.1, 0.15) is 30.9 Å². The molecule has 1 unspecified atom stereocenters. The molecule has 2 aromatic rings. The molecule has 1 atom stereocenters. The highest BCUT2D eigenvalue weighted by Crippen LogP contribution is 2.29. The summed E-state index contributed by atoms with van der Waals surface area (Å²) in [6.07, 6.45) is 3.61. The van der Waals surface area contributed by atoms with Crippen LogP contribution in [0.2, 0.25) is 5.02 Å². The minimum absolute atomic E-state index is 0.0262. The zero-order valence-corrected chi connectivity index (χ0v) is 17.0. The minimum atomic E-state index is -0.148. The maximum atomic E-state index is 12.3. The second kappa shape index (κ2) is 10.3. The van der Waals surface area contributed by atoms with Gasteiger partial charge in [-0.3, -0.25) is 9.69 Å². The lowest BCUT2D eigenvalue weighted by Crippen LogP contribution is -2.41. The number of hydrogen-bond acceptors (Lipinski definition) is 4. The van der Waals surface area contributed by atoms with E-state index in [1.54, 1.807) is 31.4 Å². The van der Waals surface area contributed by atoms with Crippen molar-refractivity contribution in [3.63, 3.8) is 0 Å². The Labute approximate surface area is 171 Å². The van der Waals surface area contributed by atoms with Crippen LogP contribution < -0.4 is 14.8 Å². The number of benzene rings is 2. The van der Waals surface area contributed by atoms with E-state index in [-0.39, 0.29) is 18.6 Å². The zero-order valence-electron chi connectivity index (χ0n) is 16.2. The van der Waals surface area contributed by atoms with Crippen molar-refractivity contribution >= 4 is 17.5 Å². The number of carbonyl (C=O) groups is 1. The van der Waals surface area contributed by atoms with E-state index in [1.165, 1.54) is 19.3 Å². The van der Waals surface area contributed by atoms with Gasteiger partial charge >= 0.3 is 0 Å². The van der Waals surface area contributed by atoms with Gasteiger partial charge in [0.15, 0.2) is 6.61 Å². The van der Waals surface area contributed by atoms with Gasteiger partial charge in [-0.2, -0.15) is 0 Å². The Morgan fingerprint density at radius 1 is 1.07 bits per heavy atom. The SMILES string of the molecule is COc1ccc(OCC(=O)NCC(c2ccccc2Cl)N2CCCCC2)cc1. The summed E-state index contributed by atoms with van der Waals surface area (Å²) in [5.41, 5.74) is 1.06. The predicted molar refractivity (Wildman–Crippen MR) is 111 cm³/mol. The molecule has 2 aromatic carbocycles. The van der Waals surface area contributed by atoms with E-state index in [4.69, 9.17) is 21.1 Å². The average Bonchev–Trinajstić information content (AvgIpc) is 2.74. The third-order valence-electron chi connectivity index (χ3n) is 5.02. The van der Waals surface area contributed by atoms with E-state index in [9.17, 15) is 4.79 Å². The Bertz CT molecular complexity index is 761. The molecule has 0 saturated carbocycles. The van der Waals surface area contributed by atoms with Gasteiger partial charge in [-0.15, -0.1) is 0 Å². The lowest BCUT2D eigenvalue weighted by atomic mass is 10.0. The molecule has 3 rings (SSSR count). The van der Waals surface area contributed by atoms with Crippen molar-refractivity contribution in [2.45, 2.75) is 25.3 Å². The Balaban J connectivity index is 1.57. The average molecular weight is 403 g/mol. The third-order valence-corrected chi connectivity index (χ3v) is 5.36. The summed E-state index contributed by atoms with van der Waals surface area (Å²) in [7, 11) is 1.61. The number of methoxy groups -OCH3 is 1. The number of halogens is 1. The summed E-state index contributed by atoms with van der Waals surface area (Å²) in [5.74, 6) is 1.24. The summed E-state index contributed by atoms with van der Waals surface area (Å²) in [6.45, 7) is 2.53. The molecule has 6 heteroatoms. The quantitative estimate of drug-likeness (QED) is 0.723. The van der Waals surface area contributed by atoms with Crippen LogP contribution in [-0.2, 0) is 4.79 Å². The van der Waals surface area contributed by atoms with Crippen molar-refractivity contribution < 1.29 is 14.3 Å². The zero-order chi connectivity index (χ0) is 19.8. The highest BCUT2D eigenvalue weighted by Gasteiger charge is 2.24. The van der Waals surface area contributed by atoms with Gasteiger partial charge in [0.05, 0.1) is 13.2 Å². The molecule has 0 aromatic heterocycles. The summed E-state index contributed by atoms with van der Waals surface area (Å²) in [6, 6.07) is 15.1. The van der Waals surface area contributed by atoms with Crippen LogP contribution in [0, 0.1) is 0 Å². The molecule has 1 aliphatic heterocycles. The van der Waals surface area contributed by atoms with Gasteiger partial charge in [0, 0.05) is 11.6 Å². The van der Waals surface area contributed by atoms with Crippen LogP contribution in [0.25, 0.3) is 0 Å². The molecule has 150 valence electrons. The van der Waals surface area contributed by atoms with E-state index < -0.39 is 0 Å². The van der Waals surface area contributed by atoms with Gasteiger partial charge < -0.3 is 14.8 Å². The van der Waals surface area contributed by atoms with Crippen LogP contribution in [0.15, 0.2) is 48.5 Å². The second-order valence-corrected chi connectivity index (χ2v) is 7.31. The maximum absolute atomic E-state index is 12.3. The monoisotopic (exact) mass is 402 g/mol. The number of amides is 1. The Kier molecular flexibility index (Phi) is 7.57. The predicted octanol–water partition coefficient (Wildman–Crippen LogP) is 4.07. The van der Waals surface area contributed by atoms with Crippen LogP contribution in [0.4, 0.5) is 0 Å². The third kappa shape index (κ3) is 5.63. The fourth-order valence-electron chi connectivity index (χ4n) is 3.49. The fraction of sp³-hybridized carbons (Fsp3) is 0.409. The Morgan fingerprint density at radius 3 is 2.43 bits per heavy atom. The van der Waals surface area contributed by atoms with Crippen molar-refractivity contribution in [1.29, 1.82) is 0 Å². The first-order chi connectivity index (χ1) is 13.7. The normalized spacial score (nSPS) is 15.6. The number of nitrogens with one attached hydrogen (secondary N) is 1. The number of hydrogen-bond donors (Lipinski definition) is 1. The topological polar surface area (TPSA) is 50.8 Å². The van der Waals surface area contributed by atoms with E-state index in [1.807, 2.05) is 24.3 Å². The molecule has 28 heavy (non-hydrogen) atoms. The number of carbonyl (C=O) groups excluding carboxylic acids is 1. The van der Waals surface area contributed by atoms with Crippen molar-refractivity contribution in [2.75, 3.05) is 33.4 Å². The lowest BCUT2D eigenvalue weighted by molar-refractivity contribution is -0.123. The molecule has 1 N–H and O–H groups in total. The molecule has 1 fully saturated rings. The first kappa shape index (κ1) is 20.5. The molecular formula is C22H27ClN2O3. The summed E-state index contributed by atoms with van der Waals surface area (Å²) >= 11 is 6.45. The van der Waals surface area contributed by atoms with Crippen LogP contribution in [0.5, 0.6) is 11.5 Å². The molecule has 0 radical (unpaired) electrons. The Morgan fingerprint density at radius 2 is 1.75 bits per heavy atom. The van der Waals surface area contributed by atoms with E-state index >= 15 is 0 Å². The summed E-state index contributed by atoms with van der Waals surface area (Å²) in [4.78, 5) is 14.7. The lowest BCUT2D eigenvalue weighted by Gasteiger charge is -2.35. The second-order valence-electron chi connectivity index (χ2n) is 6.90. The van der Waals surface area contributed by atoms with Crippen molar-refractivity contribution in [2.24, 2.45) is 0 Å². The Hall–Kier alpha value is -2.24. The first-order valence-electron chi connectivity index (χ1n) is 9.69. The van der Waals surface area contributed by atoms with Crippen molar-refractivity contribution in [1.82, 2.24) is 10.2 Å². The largest absolute Gasteiger partial charge is 0.497 e. The molecule has 0 spiro atoms. The molecule has 5 nitrogen and oxygen atoms in total. The van der Waals surface area contributed by atoms with Gasteiger partial charge in [-0.25, -0.2) is 0 Å². The highest BCUT2D eigenvalue weighted by atomic mass is 35.5. The standard InChI is InChI=1S/C22H27ClN2O3/c1-27-17-9-11-18(12-10-17)28-16-22(26)24-15-21(25-13-5-2-6-14-25)19-7-3-4-8-20(19)23/h3-4,7-12,21H,2,5-6,13-16H2,1H3,(H,24,26). The number of rotatable bonds is 8. The highest BCUT2D eigenvalue weighted by molar-refractivity contribution is 6.31. The number of likely N-dealkylation sites (tertiary alicyclic amines) is 1. The number of nitrogens with zero attached hydrogens (tertiary/aromatic N) is 1. The molecular weight excluding hydrogens is 376 g/mol. The van der Waals surface area contributed by atoms with Crippen molar-refractivity contribution in [3.05, 3.63) is 59.1 Å². The number of piperidine rings is 1. The van der Waals surface area contributed by atoms with E-state index in [0.29, 0.717) is 12.3 Å². The molecule has 1 aliphatic rings. The molecule has 0 aliphatic carbocycles. The van der Waals surface area contributed by atoms with Crippen LogP contribution in [-0.4, -0.2) is 44.2 Å². The van der Waals surface area contributed by atoms with Gasteiger partial charge in [0.1, 0.15) is 11.5 Å². The van der Waals surface area contributed by atoms with E-state index in [2.05, 4.69) is 10.2 Å². The van der Waals surface area contributed by atoms with Gasteiger partial charge in [0.25, 0.3) is 5.91 Å². The minimum Gasteiger partial charge on any atom is -0.497 e. The van der Waals surface area contributed by atoms with Crippen LogP contribution in [0.3, 0.4) is 0 Å². The summed E-state index contributed by atoms with van der Waals surface area (Å²) < 4.78 is 10.7. The first-order valence-corrected chi connectivity index (χ1v) is 10.1. The maximum Gasteiger partial charge on any atom is 0.258 e. The van der Waals surface area contributed by atoms with Gasteiger partial charge in [0.2, 0.25) is 0 Å². The summed E-state index contributed by atoms with van der Waals surface area (Å²) in [5, 5.41) is 3.75. The smallest absolute Gasteiger partial charge is 0.258 e. The molecule has 1 heterocycles.